The van der Waals surface area contributed by atoms with Crippen LogP contribution in [0.1, 0.15) is 37.7 Å². The lowest BCUT2D eigenvalue weighted by atomic mass is 9.88. The van der Waals surface area contributed by atoms with Crippen LogP contribution in [0, 0.1) is 17.8 Å². The number of hydrogen-bond acceptors (Lipinski definition) is 3. The van der Waals surface area contributed by atoms with E-state index in [1.165, 1.54) is 5.56 Å². The van der Waals surface area contributed by atoms with Gasteiger partial charge in [0.15, 0.2) is 0 Å². The molecule has 1 saturated carbocycles. The highest BCUT2D eigenvalue weighted by Crippen LogP contribution is 2.34. The van der Waals surface area contributed by atoms with Crippen LogP contribution in [0.2, 0.25) is 0 Å². The van der Waals surface area contributed by atoms with Crippen molar-refractivity contribution < 1.29 is 14.3 Å². The van der Waals surface area contributed by atoms with Gasteiger partial charge in [-0.1, -0.05) is 30.3 Å². The molecule has 3 fully saturated rings. The van der Waals surface area contributed by atoms with Gasteiger partial charge in [0.25, 0.3) is 0 Å². The van der Waals surface area contributed by atoms with Crippen molar-refractivity contribution in [2.75, 3.05) is 32.9 Å². The Labute approximate surface area is 156 Å². The van der Waals surface area contributed by atoms with Crippen molar-refractivity contribution in [2.45, 2.75) is 44.6 Å². The van der Waals surface area contributed by atoms with Crippen LogP contribution in [0.3, 0.4) is 0 Å². The Morgan fingerprint density at radius 2 is 1.85 bits per heavy atom. The lowest BCUT2D eigenvalue weighted by Crippen LogP contribution is -2.48. The Morgan fingerprint density at radius 1 is 1.08 bits per heavy atom. The summed E-state index contributed by atoms with van der Waals surface area (Å²) in [7, 11) is 0. The third-order valence-corrected chi connectivity index (χ3v) is 6.13. The Bertz CT molecular complexity index is 580. The molecule has 0 bridgehead atoms. The van der Waals surface area contributed by atoms with E-state index in [1.54, 1.807) is 0 Å². The van der Waals surface area contributed by atoms with Crippen LogP contribution in [-0.4, -0.2) is 49.8 Å². The van der Waals surface area contributed by atoms with E-state index in [0.717, 1.165) is 71.4 Å². The summed E-state index contributed by atoms with van der Waals surface area (Å²) >= 11 is 0. The normalized spacial score (nSPS) is 27.5. The van der Waals surface area contributed by atoms with E-state index in [9.17, 15) is 4.79 Å². The Kier molecular flexibility index (Phi) is 5.91. The van der Waals surface area contributed by atoms with Crippen molar-refractivity contribution in [3.8, 4) is 0 Å². The number of ether oxygens (including phenoxy) is 2. The zero-order valence-corrected chi connectivity index (χ0v) is 15.6. The number of benzene rings is 1. The first-order chi connectivity index (χ1) is 12.8. The van der Waals surface area contributed by atoms with Crippen molar-refractivity contribution >= 4 is 5.91 Å². The molecule has 2 heterocycles. The van der Waals surface area contributed by atoms with Crippen molar-refractivity contribution in [1.29, 1.82) is 0 Å². The van der Waals surface area contributed by atoms with Crippen LogP contribution < -0.4 is 0 Å². The molecular formula is C22H31NO3. The monoisotopic (exact) mass is 357 g/mol. The van der Waals surface area contributed by atoms with Crippen molar-refractivity contribution in [1.82, 2.24) is 4.90 Å². The number of likely N-dealkylation sites (tertiary alicyclic amines) is 1. The van der Waals surface area contributed by atoms with Gasteiger partial charge in [-0.2, -0.15) is 0 Å². The van der Waals surface area contributed by atoms with E-state index in [1.807, 2.05) is 0 Å². The molecule has 2 aliphatic heterocycles. The number of amides is 1. The average molecular weight is 357 g/mol. The van der Waals surface area contributed by atoms with E-state index in [0.29, 0.717) is 23.7 Å². The molecule has 1 aliphatic carbocycles. The van der Waals surface area contributed by atoms with Gasteiger partial charge in [-0.05, 0) is 50.0 Å². The third-order valence-electron chi connectivity index (χ3n) is 6.13. The molecule has 142 valence electrons. The number of carbonyl (C=O) groups excluding carboxylic acids is 1. The predicted molar refractivity (Wildman–Crippen MR) is 101 cm³/mol. The highest BCUT2D eigenvalue weighted by atomic mass is 16.5. The van der Waals surface area contributed by atoms with E-state index in [2.05, 4.69) is 35.2 Å². The molecule has 3 aliphatic rings. The molecule has 0 aromatic heterocycles. The van der Waals surface area contributed by atoms with Crippen LogP contribution >= 0.6 is 0 Å². The molecule has 4 rings (SSSR count). The number of piperidine rings is 1. The maximum absolute atomic E-state index is 12.5. The summed E-state index contributed by atoms with van der Waals surface area (Å²) in [6, 6.07) is 10.6. The summed E-state index contributed by atoms with van der Waals surface area (Å²) in [5, 5.41) is 0. The van der Waals surface area contributed by atoms with Crippen LogP contribution in [0.15, 0.2) is 30.3 Å². The number of nitrogens with zero attached hydrogens (tertiary/aromatic N) is 1. The van der Waals surface area contributed by atoms with E-state index < -0.39 is 0 Å². The maximum atomic E-state index is 12.5. The smallest absolute Gasteiger partial charge is 0.225 e. The van der Waals surface area contributed by atoms with Gasteiger partial charge in [-0.25, -0.2) is 0 Å². The minimum Gasteiger partial charge on any atom is -0.381 e. The van der Waals surface area contributed by atoms with Gasteiger partial charge < -0.3 is 14.4 Å². The standard InChI is InChI=1S/C22H31NO3/c24-22(19-6-7-19)23-11-8-21(26-16-18-9-12-25-13-10-18)20(15-23)14-17-4-2-1-3-5-17/h1-5,18-21H,6-16H2/t20-,21+/m0/s1. The molecule has 1 aromatic rings. The van der Waals surface area contributed by atoms with Gasteiger partial charge in [-0.3, -0.25) is 4.79 Å². The zero-order valence-electron chi connectivity index (χ0n) is 15.6. The lowest BCUT2D eigenvalue weighted by molar-refractivity contribution is -0.138. The van der Waals surface area contributed by atoms with Gasteiger partial charge in [0.05, 0.1) is 6.10 Å². The third kappa shape index (κ3) is 4.66. The second-order valence-corrected chi connectivity index (χ2v) is 8.22. The second kappa shape index (κ2) is 8.53. The summed E-state index contributed by atoms with van der Waals surface area (Å²) in [6.07, 6.45) is 6.63. The fourth-order valence-electron chi connectivity index (χ4n) is 4.30. The van der Waals surface area contributed by atoms with E-state index in [-0.39, 0.29) is 6.10 Å². The summed E-state index contributed by atoms with van der Waals surface area (Å²) in [6.45, 7) is 4.29. The van der Waals surface area contributed by atoms with Gasteiger partial charge in [0.1, 0.15) is 0 Å². The molecule has 1 amide bonds. The molecule has 2 atom stereocenters. The molecule has 26 heavy (non-hydrogen) atoms. The minimum atomic E-state index is 0.265. The molecule has 0 radical (unpaired) electrons. The summed E-state index contributed by atoms with van der Waals surface area (Å²) < 4.78 is 11.9. The van der Waals surface area contributed by atoms with Gasteiger partial charge >= 0.3 is 0 Å². The van der Waals surface area contributed by atoms with Crippen molar-refractivity contribution in [3.05, 3.63) is 35.9 Å². The van der Waals surface area contributed by atoms with Crippen LogP contribution in [0.5, 0.6) is 0 Å². The topological polar surface area (TPSA) is 38.8 Å². The summed E-state index contributed by atoms with van der Waals surface area (Å²) in [4.78, 5) is 14.7. The van der Waals surface area contributed by atoms with Crippen molar-refractivity contribution in [2.24, 2.45) is 17.8 Å². The Hall–Kier alpha value is -1.39. The molecule has 2 saturated heterocycles. The molecule has 1 aromatic carbocycles. The summed E-state index contributed by atoms with van der Waals surface area (Å²) in [5.41, 5.74) is 1.35. The fraction of sp³-hybridized carbons (Fsp3) is 0.682. The maximum Gasteiger partial charge on any atom is 0.225 e. The highest BCUT2D eigenvalue weighted by Gasteiger charge is 2.38. The average Bonchev–Trinajstić information content (AvgIpc) is 3.53. The van der Waals surface area contributed by atoms with Gasteiger partial charge in [0, 0.05) is 44.7 Å². The molecule has 4 heteroatoms. The Balaban J connectivity index is 1.38. The number of rotatable bonds is 6. The fourth-order valence-corrected chi connectivity index (χ4v) is 4.30. The van der Waals surface area contributed by atoms with E-state index >= 15 is 0 Å². The highest BCUT2D eigenvalue weighted by molar-refractivity contribution is 5.81. The quantitative estimate of drug-likeness (QED) is 0.784. The first kappa shape index (κ1) is 18.0. The molecule has 0 unspecified atom stereocenters. The number of carbonyl (C=O) groups is 1. The molecular weight excluding hydrogens is 326 g/mol. The van der Waals surface area contributed by atoms with Crippen LogP contribution in [-0.2, 0) is 20.7 Å². The molecule has 4 nitrogen and oxygen atoms in total. The molecule has 0 N–H and O–H groups in total. The Morgan fingerprint density at radius 3 is 2.58 bits per heavy atom. The van der Waals surface area contributed by atoms with Crippen LogP contribution in [0.4, 0.5) is 0 Å². The lowest BCUT2D eigenvalue weighted by Gasteiger charge is -2.39. The van der Waals surface area contributed by atoms with Gasteiger partial charge in [0.2, 0.25) is 5.91 Å². The predicted octanol–water partition coefficient (Wildman–Crippen LogP) is 3.30. The second-order valence-electron chi connectivity index (χ2n) is 8.22. The SMILES string of the molecule is O=C(C1CC1)N1CC[C@@H](OCC2CCOCC2)[C@@H](Cc2ccccc2)C1. The van der Waals surface area contributed by atoms with Crippen molar-refractivity contribution in [3.63, 3.8) is 0 Å². The first-order valence-electron chi connectivity index (χ1n) is 10.3. The van der Waals surface area contributed by atoms with Gasteiger partial charge in [-0.15, -0.1) is 0 Å². The number of hydrogen-bond donors (Lipinski definition) is 0. The minimum absolute atomic E-state index is 0.265. The first-order valence-corrected chi connectivity index (χ1v) is 10.3. The van der Waals surface area contributed by atoms with E-state index in [4.69, 9.17) is 9.47 Å². The zero-order chi connectivity index (χ0) is 17.8. The summed E-state index contributed by atoms with van der Waals surface area (Å²) in [5.74, 6) is 1.72. The van der Waals surface area contributed by atoms with Crippen LogP contribution in [0.25, 0.3) is 0 Å². The molecule has 0 spiro atoms. The largest absolute Gasteiger partial charge is 0.381 e.